The summed E-state index contributed by atoms with van der Waals surface area (Å²) in [6.45, 7) is 15.0. The molecule has 1 aliphatic rings. The van der Waals surface area contributed by atoms with Crippen molar-refractivity contribution < 1.29 is 23.8 Å². The molecule has 0 unspecified atom stereocenters. The van der Waals surface area contributed by atoms with E-state index in [0.717, 1.165) is 0 Å². The van der Waals surface area contributed by atoms with Crippen LogP contribution in [-0.2, 0) is 5.41 Å². The molecule has 10 nitrogen and oxygen atoms in total. The molecule has 1 N–H and O–H groups in total. The molecule has 0 bridgehead atoms. The smallest absolute Gasteiger partial charge is 0.337 e. The molecule has 0 radical (unpaired) electrons. The topological polar surface area (TPSA) is 114 Å². The highest BCUT2D eigenvalue weighted by Crippen LogP contribution is 2.33. The first-order valence-corrected chi connectivity index (χ1v) is 14.1. The standard InChI is InChI=1S/C32H37FN6O4/c1-18-15-25(34-19(2)26(18)30(41)42)37-13-14-38(32(6,7)17-37)29(40)22-10-11-23-27(35-22)28(31(3,4)5)36-39(23)20-9-12-24(43-8)21(33)16-20/h9-12,15-16H,13-14,17H2,1-8H3,(H,41,42). The molecule has 43 heavy (non-hydrogen) atoms. The van der Waals surface area contributed by atoms with Gasteiger partial charge in [-0.2, -0.15) is 5.10 Å². The third-order valence-electron chi connectivity index (χ3n) is 7.90. The largest absolute Gasteiger partial charge is 0.494 e. The molecule has 1 aromatic carbocycles. The number of methoxy groups -OCH3 is 1. The number of benzene rings is 1. The van der Waals surface area contributed by atoms with Crippen molar-refractivity contribution in [3.8, 4) is 11.4 Å². The second kappa shape index (κ2) is 10.6. The number of nitrogens with zero attached hydrogens (tertiary/aromatic N) is 6. The SMILES string of the molecule is COc1ccc(-n2nc(C(C)(C)C)c3nc(C(=O)N4CCN(c5cc(C)c(C(=O)O)c(C)n5)CC4(C)C)ccc32)cc1F. The van der Waals surface area contributed by atoms with Gasteiger partial charge in [-0.15, -0.1) is 0 Å². The van der Waals surface area contributed by atoms with Crippen LogP contribution < -0.4 is 9.64 Å². The van der Waals surface area contributed by atoms with Gasteiger partial charge in [-0.05, 0) is 63.6 Å². The fourth-order valence-electron chi connectivity index (χ4n) is 5.77. The number of ether oxygens (including phenoxy) is 1. The predicted octanol–water partition coefficient (Wildman–Crippen LogP) is 5.32. The minimum absolute atomic E-state index is 0.142. The van der Waals surface area contributed by atoms with Gasteiger partial charge in [0.25, 0.3) is 5.91 Å². The van der Waals surface area contributed by atoms with E-state index in [2.05, 4.69) is 9.88 Å². The second-order valence-corrected chi connectivity index (χ2v) is 12.6. The van der Waals surface area contributed by atoms with E-state index in [1.807, 2.05) is 45.6 Å². The van der Waals surface area contributed by atoms with Crippen molar-refractivity contribution in [2.75, 3.05) is 31.6 Å². The van der Waals surface area contributed by atoms with Crippen molar-refractivity contribution in [1.29, 1.82) is 0 Å². The molecule has 1 aliphatic heterocycles. The zero-order valence-corrected chi connectivity index (χ0v) is 25.8. The van der Waals surface area contributed by atoms with Crippen molar-refractivity contribution in [1.82, 2.24) is 24.6 Å². The van der Waals surface area contributed by atoms with Crippen molar-refractivity contribution in [3.05, 3.63) is 70.4 Å². The van der Waals surface area contributed by atoms with Gasteiger partial charge in [0.1, 0.15) is 17.0 Å². The number of rotatable bonds is 5. The average Bonchev–Trinajstić information content (AvgIpc) is 3.31. The number of anilines is 1. The van der Waals surface area contributed by atoms with Gasteiger partial charge in [-0.25, -0.2) is 23.8 Å². The van der Waals surface area contributed by atoms with E-state index in [1.165, 1.54) is 13.2 Å². The lowest BCUT2D eigenvalue weighted by molar-refractivity contribution is 0.0507. The zero-order valence-electron chi connectivity index (χ0n) is 25.8. The lowest BCUT2D eigenvalue weighted by Gasteiger charge is -2.47. The molecule has 3 aromatic heterocycles. The average molecular weight is 589 g/mol. The third kappa shape index (κ3) is 5.39. The lowest BCUT2D eigenvalue weighted by atomic mass is 9.91. The molecule has 1 amide bonds. The summed E-state index contributed by atoms with van der Waals surface area (Å²) < 4.78 is 21.3. The first-order chi connectivity index (χ1) is 20.1. The van der Waals surface area contributed by atoms with Gasteiger partial charge >= 0.3 is 5.97 Å². The van der Waals surface area contributed by atoms with E-state index in [9.17, 15) is 19.1 Å². The summed E-state index contributed by atoms with van der Waals surface area (Å²) in [6.07, 6.45) is 0. The number of carbonyl (C=O) groups is 2. The highest BCUT2D eigenvalue weighted by molar-refractivity contribution is 5.96. The number of carboxylic acids is 1. The fraction of sp³-hybridized carbons (Fsp3) is 0.406. The summed E-state index contributed by atoms with van der Waals surface area (Å²) in [5.74, 6) is -0.859. The van der Waals surface area contributed by atoms with E-state index in [4.69, 9.17) is 14.8 Å². The Bertz CT molecular complexity index is 1730. The Morgan fingerprint density at radius 2 is 1.77 bits per heavy atom. The number of fused-ring (bicyclic) bond motifs is 1. The Morgan fingerprint density at radius 1 is 1.05 bits per heavy atom. The van der Waals surface area contributed by atoms with Gasteiger partial charge < -0.3 is 19.6 Å². The molecule has 0 atom stereocenters. The molecule has 0 saturated carbocycles. The monoisotopic (exact) mass is 588 g/mol. The van der Waals surface area contributed by atoms with Gasteiger partial charge in [-0.1, -0.05) is 20.8 Å². The number of amides is 1. The van der Waals surface area contributed by atoms with E-state index in [1.54, 1.807) is 42.8 Å². The third-order valence-corrected chi connectivity index (χ3v) is 7.90. The Morgan fingerprint density at radius 3 is 2.35 bits per heavy atom. The van der Waals surface area contributed by atoms with E-state index >= 15 is 0 Å². The summed E-state index contributed by atoms with van der Waals surface area (Å²) in [5.41, 5.74) is 3.12. The number of hydrogen-bond donors (Lipinski definition) is 1. The first kappa shape index (κ1) is 29.9. The maximum Gasteiger partial charge on any atom is 0.337 e. The van der Waals surface area contributed by atoms with Crippen LogP contribution in [0, 0.1) is 19.7 Å². The number of piperazine rings is 1. The van der Waals surface area contributed by atoms with Crippen LogP contribution in [0.5, 0.6) is 5.75 Å². The number of aromatic nitrogens is 4. The molecule has 1 saturated heterocycles. The molecule has 4 aromatic rings. The van der Waals surface area contributed by atoms with Gasteiger partial charge in [0, 0.05) is 31.1 Å². The molecular weight excluding hydrogens is 551 g/mol. The van der Waals surface area contributed by atoms with Crippen molar-refractivity contribution in [3.63, 3.8) is 0 Å². The minimum Gasteiger partial charge on any atom is -0.494 e. The summed E-state index contributed by atoms with van der Waals surface area (Å²) in [4.78, 5) is 38.9. The molecule has 226 valence electrons. The van der Waals surface area contributed by atoms with Crippen molar-refractivity contribution in [2.24, 2.45) is 0 Å². The number of aromatic carboxylic acids is 1. The molecule has 11 heteroatoms. The Balaban J connectivity index is 1.47. The van der Waals surface area contributed by atoms with Crippen LogP contribution in [-0.4, -0.2) is 73.9 Å². The van der Waals surface area contributed by atoms with Crippen LogP contribution in [0.2, 0.25) is 0 Å². The van der Waals surface area contributed by atoms with Crippen LogP contribution in [0.25, 0.3) is 16.7 Å². The van der Waals surface area contributed by atoms with Crippen LogP contribution in [0.3, 0.4) is 0 Å². The maximum absolute atomic E-state index is 14.6. The Labute approximate surface area is 250 Å². The van der Waals surface area contributed by atoms with Gasteiger partial charge in [0.15, 0.2) is 11.6 Å². The first-order valence-electron chi connectivity index (χ1n) is 14.1. The summed E-state index contributed by atoms with van der Waals surface area (Å²) in [5, 5.41) is 14.3. The highest BCUT2D eigenvalue weighted by atomic mass is 19.1. The number of carbonyl (C=O) groups excluding carboxylic acids is 1. The molecule has 4 heterocycles. The van der Waals surface area contributed by atoms with Gasteiger partial charge in [0.2, 0.25) is 0 Å². The molecule has 5 rings (SSSR count). The number of carboxylic acid groups (broad SMARTS) is 1. The fourth-order valence-corrected chi connectivity index (χ4v) is 5.77. The van der Waals surface area contributed by atoms with Gasteiger partial charge in [-0.3, -0.25) is 4.79 Å². The minimum atomic E-state index is -0.995. The van der Waals surface area contributed by atoms with E-state index in [-0.39, 0.29) is 17.2 Å². The van der Waals surface area contributed by atoms with Crippen molar-refractivity contribution >= 4 is 28.7 Å². The van der Waals surface area contributed by atoms with Crippen LogP contribution in [0.4, 0.5) is 10.2 Å². The second-order valence-electron chi connectivity index (χ2n) is 12.6. The van der Waals surface area contributed by atoms with Crippen LogP contribution in [0.1, 0.15) is 72.4 Å². The predicted molar refractivity (Wildman–Crippen MR) is 162 cm³/mol. The molecule has 0 aliphatic carbocycles. The van der Waals surface area contributed by atoms with Crippen LogP contribution in [0.15, 0.2) is 36.4 Å². The quantitative estimate of drug-likeness (QED) is 0.334. The normalized spacial score (nSPS) is 15.2. The number of hydrogen-bond acceptors (Lipinski definition) is 7. The van der Waals surface area contributed by atoms with Crippen LogP contribution >= 0.6 is 0 Å². The van der Waals surface area contributed by atoms with Gasteiger partial charge in [0.05, 0.1) is 40.8 Å². The van der Waals surface area contributed by atoms with E-state index in [0.29, 0.717) is 64.8 Å². The molecule has 0 spiro atoms. The van der Waals surface area contributed by atoms with E-state index < -0.39 is 22.7 Å². The summed E-state index contributed by atoms with van der Waals surface area (Å²) in [7, 11) is 1.42. The number of halogens is 1. The highest BCUT2D eigenvalue weighted by Gasteiger charge is 2.39. The Hall–Kier alpha value is -4.54. The number of pyridine rings is 2. The lowest BCUT2D eigenvalue weighted by Crippen LogP contribution is -2.61. The maximum atomic E-state index is 14.6. The Kier molecular flexibility index (Phi) is 7.40. The zero-order chi connectivity index (χ0) is 31.4. The molecule has 1 fully saturated rings. The summed E-state index contributed by atoms with van der Waals surface area (Å²) in [6, 6.07) is 9.94. The molecular formula is C32H37FN6O4. The number of aryl methyl sites for hydroxylation is 2. The van der Waals surface area contributed by atoms with Crippen molar-refractivity contribution in [2.45, 2.75) is 59.4 Å². The summed E-state index contributed by atoms with van der Waals surface area (Å²) >= 11 is 0.